The normalized spacial score (nSPS) is 20.0. The highest BCUT2D eigenvalue weighted by atomic mass is 32.1. The van der Waals surface area contributed by atoms with Crippen LogP contribution in [-0.2, 0) is 36.5 Å². The van der Waals surface area contributed by atoms with Gasteiger partial charge in [-0.1, -0.05) is 14.9 Å². The zero-order valence-corrected chi connectivity index (χ0v) is 20.1. The van der Waals surface area contributed by atoms with Crippen molar-refractivity contribution in [3.05, 3.63) is 5.21 Å². The number of thiol groups is 1. The zero-order valence-electron chi connectivity index (χ0n) is 16.7. The molecule has 2 amide bonds. The van der Waals surface area contributed by atoms with E-state index in [1.165, 1.54) is 0 Å². The van der Waals surface area contributed by atoms with Gasteiger partial charge < -0.3 is 15.0 Å². The Bertz CT molecular complexity index is 846. The second-order valence-electron chi connectivity index (χ2n) is 5.43. The fourth-order valence-corrected chi connectivity index (χ4v) is 5.36. The van der Waals surface area contributed by atoms with Gasteiger partial charge in [-0.2, -0.15) is 26.0 Å². The number of hydroxylamine groups is 1. The summed E-state index contributed by atoms with van der Waals surface area (Å²) in [5.41, 5.74) is 3.19. The Kier molecular flexibility index (Phi) is 19.9. The summed E-state index contributed by atoms with van der Waals surface area (Å²) in [4.78, 5) is 64.6. The molecule has 0 saturated heterocycles. The summed E-state index contributed by atoms with van der Waals surface area (Å²) in [6.07, 6.45) is -0.452. The van der Waals surface area contributed by atoms with Gasteiger partial charge in [0.1, 0.15) is 1.12 Å². The molecule has 0 aliphatic carbocycles. The maximum absolute atomic E-state index is 11.6. The van der Waals surface area contributed by atoms with Gasteiger partial charge in [0.25, 0.3) is 7.82 Å². The third-order valence-corrected chi connectivity index (χ3v) is 8.04. The Morgan fingerprint density at radius 1 is 1.03 bits per heavy atom. The van der Waals surface area contributed by atoms with Crippen molar-refractivity contribution in [1.82, 2.24) is 0 Å². The fraction of sp³-hybridized carbons (Fsp3) is 0.778. The molecule has 34 heavy (non-hydrogen) atoms. The number of rotatable bonds is 14. The van der Waals surface area contributed by atoms with Crippen LogP contribution in [0, 0.1) is 11.1 Å². The van der Waals surface area contributed by atoms with Crippen molar-refractivity contribution in [3.63, 3.8) is 0 Å². The number of nitrogens with one attached hydrogen (secondary N) is 1. The van der Waals surface area contributed by atoms with Gasteiger partial charge in [-0.25, -0.2) is 29.4 Å². The van der Waals surface area contributed by atoms with E-state index >= 15 is 0 Å². The molecule has 6 atom stereocenters. The molecule has 0 heterocycles. The Morgan fingerprint density at radius 3 is 1.79 bits per heavy atom. The average molecular weight is 610 g/mol. The van der Waals surface area contributed by atoms with Crippen LogP contribution in [0.25, 0.3) is 0 Å². The van der Waals surface area contributed by atoms with Crippen molar-refractivity contribution in [1.29, 1.82) is 1.12 Å². The minimum Gasteiger partial charge on any atom is -0.756 e. The number of carbonyl (C=O) groups is 2. The Hall–Kier alpha value is 0.0500. The average Bonchev–Trinajstić information content (AvgIpc) is 2.64. The predicted molar refractivity (Wildman–Crippen MR) is 111 cm³/mol. The van der Waals surface area contributed by atoms with Crippen molar-refractivity contribution in [2.45, 2.75) is 34.1 Å². The van der Waals surface area contributed by atoms with E-state index < -0.39 is 65.3 Å². The molecule has 0 saturated carbocycles. The van der Waals surface area contributed by atoms with E-state index in [1.54, 1.807) is 0 Å². The van der Waals surface area contributed by atoms with Crippen LogP contribution in [0.1, 0.15) is 34.1 Å². The molecular weight excluding hydrogens is 576 g/mol. The van der Waals surface area contributed by atoms with E-state index in [0.717, 1.165) is 12.5 Å². The van der Waals surface area contributed by atoms with Gasteiger partial charge >= 0.3 is 35.1 Å². The molecule has 0 aromatic carbocycles. The minimum absolute atomic E-state index is 0. The predicted octanol–water partition coefficient (Wildman–Crippen LogP) is -4.66. The van der Waals surface area contributed by atoms with Gasteiger partial charge in [0.2, 0.25) is 0 Å². The van der Waals surface area contributed by atoms with Crippen LogP contribution in [-0.4, -0.2) is 48.7 Å². The molecule has 0 bridgehead atoms. The third kappa shape index (κ3) is 19.3. The van der Waals surface area contributed by atoms with Crippen LogP contribution in [0.2, 0.25) is 0 Å². The first kappa shape index (κ1) is 38.6. The number of phosphoric acid groups is 1. The molecule has 0 fully saturated rings. The van der Waals surface area contributed by atoms with Crippen molar-refractivity contribution < 1.29 is 92.4 Å². The number of quaternary nitrogens is 4. The van der Waals surface area contributed by atoms with Gasteiger partial charge in [0.15, 0.2) is 0 Å². The fourth-order valence-electron chi connectivity index (χ4n) is 1.56. The summed E-state index contributed by atoms with van der Waals surface area (Å²) >= 11 is 0.729. The monoisotopic (exact) mass is 610 g/mol. The van der Waals surface area contributed by atoms with E-state index in [1.807, 2.05) is 0 Å². The molecule has 20 nitrogen and oxygen atoms in total. The van der Waals surface area contributed by atoms with Crippen LogP contribution in [0.5, 0.6) is 0 Å². The number of amides is 2. The zero-order chi connectivity index (χ0) is 26.7. The van der Waals surface area contributed by atoms with Crippen LogP contribution in [0.15, 0.2) is 0 Å². The third-order valence-electron chi connectivity index (χ3n) is 2.88. The van der Waals surface area contributed by atoms with Gasteiger partial charge in [0, 0.05) is 0 Å². The SMILES string of the molecule is C.C.O=P([O-])(O)OP(=O)(O)[NH2+]O.[3H]SCCC(CCC(=O)[NH+]([O-])P(=O)(O)OP(=O)(O)[NH2+]O)C([NH3+])=O. The summed E-state index contributed by atoms with van der Waals surface area (Å²) in [7, 11) is -20.4. The second kappa shape index (κ2) is 17.5. The summed E-state index contributed by atoms with van der Waals surface area (Å²) in [5, 5.41) is 26.9. The van der Waals surface area contributed by atoms with Crippen molar-refractivity contribution >= 4 is 55.4 Å². The molecular formula is C9H32N4O16P4S+2. The van der Waals surface area contributed by atoms with E-state index in [4.69, 9.17) is 26.2 Å². The summed E-state index contributed by atoms with van der Waals surface area (Å²) in [5.74, 6) is -2.26. The molecule has 0 aromatic rings. The number of hydrogen-bond donors (Lipinski definition) is 11. The van der Waals surface area contributed by atoms with Gasteiger partial charge in [0.05, 0.1) is 12.3 Å². The largest absolute Gasteiger partial charge is 0.756 e. The Labute approximate surface area is 200 Å². The quantitative estimate of drug-likeness (QED) is 0.0500. The topological polar surface area (TPSA) is 354 Å². The van der Waals surface area contributed by atoms with Gasteiger partial charge in [-0.05, 0) is 18.6 Å². The molecule has 14 N–H and O–H groups in total. The van der Waals surface area contributed by atoms with Crippen LogP contribution >= 0.6 is 43.6 Å². The van der Waals surface area contributed by atoms with E-state index in [0.29, 0.717) is 5.75 Å². The smallest absolute Gasteiger partial charge is 0.568 e. The van der Waals surface area contributed by atoms with Crippen molar-refractivity contribution in [3.8, 4) is 0 Å². The lowest BCUT2D eigenvalue weighted by Gasteiger charge is -2.23. The maximum Gasteiger partial charge on any atom is 0.568 e. The second-order valence-corrected chi connectivity index (χ2v) is 12.3. The van der Waals surface area contributed by atoms with Gasteiger partial charge in [-0.15, -0.1) is 14.8 Å². The highest BCUT2D eigenvalue weighted by Gasteiger charge is 2.45. The molecule has 0 rings (SSSR count). The highest BCUT2D eigenvalue weighted by Crippen LogP contribution is 2.48. The number of nitrogens with two attached hydrogens (primary N) is 2. The summed E-state index contributed by atoms with van der Waals surface area (Å²) < 4.78 is 56.0. The molecule has 0 aliphatic heterocycles. The maximum atomic E-state index is 11.6. The first-order valence-electron chi connectivity index (χ1n) is 8.07. The van der Waals surface area contributed by atoms with E-state index in [2.05, 4.69) is 14.4 Å². The summed E-state index contributed by atoms with van der Waals surface area (Å²) in [6.45, 7) is 0. The lowest BCUT2D eigenvalue weighted by Crippen LogP contribution is -3.05. The van der Waals surface area contributed by atoms with E-state index in [9.17, 15) is 42.8 Å². The van der Waals surface area contributed by atoms with Crippen LogP contribution < -0.4 is 26.0 Å². The molecule has 208 valence electrons. The Morgan fingerprint density at radius 2 is 1.47 bits per heavy atom. The highest BCUT2D eigenvalue weighted by molar-refractivity contribution is 7.80. The van der Waals surface area contributed by atoms with Crippen LogP contribution in [0.3, 0.4) is 0 Å². The molecule has 0 spiro atoms. The molecule has 0 aliphatic rings. The molecule has 0 aromatic heterocycles. The first-order valence-corrected chi connectivity index (χ1v) is 14.6. The van der Waals surface area contributed by atoms with Crippen LogP contribution in [0.4, 0.5) is 0 Å². The lowest BCUT2D eigenvalue weighted by molar-refractivity contribution is -0.785. The minimum atomic E-state index is -5.41. The Balaban J connectivity index is -0.000000340. The molecule has 25 heteroatoms. The number of hydrogen-bond acceptors (Lipinski definition) is 13. The summed E-state index contributed by atoms with van der Waals surface area (Å²) in [6, 6.07) is 0. The standard InChI is InChI=1S/C7H17N3O9P2S.2CH4.H5NO7P2/c8-7(12)5(3-4-22)1-2-6(11)10(14)21(17,18)19-20(15,16)9-13;;;2-1-9(3,4)8-10(5,6)7/h5,10,13,22H,1-4H2,(H2,8,12)(H,17,18)(H2,9,15,16);2*1H4;2H,(H2,1,3,4)(H2,5,6,7)/p+2/i/hT. The molecule has 6 unspecified atom stereocenters. The van der Waals surface area contributed by atoms with Crippen molar-refractivity contribution in [2.24, 2.45) is 5.92 Å². The van der Waals surface area contributed by atoms with Crippen molar-refractivity contribution in [2.75, 3.05) is 5.75 Å². The molecule has 0 radical (unpaired) electrons. The van der Waals surface area contributed by atoms with E-state index in [-0.39, 0.29) is 32.9 Å². The first-order chi connectivity index (χ1) is 14.7. The number of carbonyl (C=O) groups excluding carboxylic acids is 2. The lowest BCUT2D eigenvalue weighted by atomic mass is 9.99. The van der Waals surface area contributed by atoms with Gasteiger partial charge in [-0.3, -0.25) is 25.0 Å².